The molecule has 0 aliphatic heterocycles. The Bertz CT molecular complexity index is 1020. The van der Waals surface area contributed by atoms with Crippen molar-refractivity contribution in [1.82, 2.24) is 9.78 Å². The zero-order chi connectivity index (χ0) is 20.5. The number of carbonyl (C=O) groups excluding carboxylic acids is 2. The molecule has 0 saturated heterocycles. The van der Waals surface area contributed by atoms with E-state index in [0.29, 0.717) is 5.82 Å². The van der Waals surface area contributed by atoms with Gasteiger partial charge in [0.2, 0.25) is 0 Å². The van der Waals surface area contributed by atoms with Crippen LogP contribution in [-0.2, 0) is 14.3 Å². The number of aromatic nitrogens is 2. The molecule has 1 heterocycles. The summed E-state index contributed by atoms with van der Waals surface area (Å²) in [4.78, 5) is 23.9. The molecule has 6 heteroatoms. The van der Waals surface area contributed by atoms with E-state index in [4.69, 9.17) is 4.74 Å². The van der Waals surface area contributed by atoms with E-state index in [1.165, 1.54) is 6.08 Å². The summed E-state index contributed by atoms with van der Waals surface area (Å²) >= 11 is 0. The van der Waals surface area contributed by atoms with Crippen LogP contribution in [0, 0.1) is 0 Å². The van der Waals surface area contributed by atoms with E-state index in [2.05, 4.69) is 10.4 Å². The van der Waals surface area contributed by atoms with Crippen molar-refractivity contribution in [2.24, 2.45) is 0 Å². The fourth-order valence-electron chi connectivity index (χ4n) is 2.60. The number of nitrogens with zero attached hydrogens (tertiary/aromatic N) is 2. The first-order valence-corrected chi connectivity index (χ1v) is 9.14. The highest BCUT2D eigenvalue weighted by Crippen LogP contribution is 2.24. The number of nitrogens with one attached hydrogen (secondary N) is 1. The topological polar surface area (TPSA) is 73.2 Å². The molecule has 146 valence electrons. The minimum Gasteiger partial charge on any atom is -0.452 e. The lowest BCUT2D eigenvalue weighted by Crippen LogP contribution is -2.21. The summed E-state index contributed by atoms with van der Waals surface area (Å²) in [6.45, 7) is 1.45. The van der Waals surface area contributed by atoms with Crippen LogP contribution in [0.2, 0.25) is 0 Å². The van der Waals surface area contributed by atoms with Crippen LogP contribution in [-0.4, -0.2) is 28.3 Å². The molecule has 0 fully saturated rings. The lowest BCUT2D eigenvalue weighted by Gasteiger charge is -2.08. The van der Waals surface area contributed by atoms with E-state index in [-0.39, 0.29) is 6.61 Å². The Hall–Kier alpha value is -3.93. The summed E-state index contributed by atoms with van der Waals surface area (Å²) in [6.07, 6.45) is 6.29. The number of rotatable bonds is 7. The average Bonchev–Trinajstić information content (AvgIpc) is 3.17. The third-order valence-electron chi connectivity index (χ3n) is 3.93. The maximum absolute atomic E-state index is 12.3. The molecule has 0 aliphatic rings. The van der Waals surface area contributed by atoms with Gasteiger partial charge in [-0.15, -0.1) is 0 Å². The molecule has 1 N–H and O–H groups in total. The van der Waals surface area contributed by atoms with Crippen LogP contribution in [0.25, 0.3) is 16.9 Å². The fourth-order valence-corrected chi connectivity index (χ4v) is 2.60. The van der Waals surface area contributed by atoms with Gasteiger partial charge in [-0.1, -0.05) is 66.8 Å². The van der Waals surface area contributed by atoms with Gasteiger partial charge in [-0.2, -0.15) is 5.10 Å². The Morgan fingerprint density at radius 2 is 1.72 bits per heavy atom. The first-order valence-electron chi connectivity index (χ1n) is 9.14. The zero-order valence-electron chi connectivity index (χ0n) is 16.0. The Labute approximate surface area is 169 Å². The van der Waals surface area contributed by atoms with Crippen LogP contribution in [0.3, 0.4) is 0 Å². The van der Waals surface area contributed by atoms with Crippen LogP contribution < -0.4 is 5.32 Å². The van der Waals surface area contributed by atoms with Crippen molar-refractivity contribution in [3.8, 4) is 16.9 Å². The molecular formula is C23H21N3O3. The van der Waals surface area contributed by atoms with Crippen LogP contribution in [0.1, 0.15) is 6.92 Å². The number of hydrogen-bond donors (Lipinski definition) is 1. The highest BCUT2D eigenvalue weighted by atomic mass is 16.5. The van der Waals surface area contributed by atoms with E-state index in [0.717, 1.165) is 16.9 Å². The van der Waals surface area contributed by atoms with Crippen molar-refractivity contribution in [2.75, 3.05) is 11.9 Å². The number of ether oxygens (including phenoxy) is 1. The molecule has 0 saturated carbocycles. The summed E-state index contributed by atoms with van der Waals surface area (Å²) in [5.74, 6) is -0.546. The number of benzene rings is 2. The predicted octanol–water partition coefficient (Wildman–Crippen LogP) is 4.15. The molecule has 3 aromatic rings. The summed E-state index contributed by atoms with van der Waals surface area (Å²) < 4.78 is 6.61. The summed E-state index contributed by atoms with van der Waals surface area (Å²) in [7, 11) is 0. The number of anilines is 1. The highest BCUT2D eigenvalue weighted by molar-refractivity contribution is 5.94. The summed E-state index contributed by atoms with van der Waals surface area (Å²) in [5, 5.41) is 7.39. The molecule has 0 bridgehead atoms. The molecule has 0 radical (unpaired) electrons. The number of para-hydroxylation sites is 1. The maximum Gasteiger partial charge on any atom is 0.331 e. The Morgan fingerprint density at radius 3 is 2.41 bits per heavy atom. The Morgan fingerprint density at radius 1 is 1.03 bits per heavy atom. The number of hydrogen-bond acceptors (Lipinski definition) is 4. The molecular weight excluding hydrogens is 366 g/mol. The van der Waals surface area contributed by atoms with Gasteiger partial charge in [-0.05, 0) is 19.1 Å². The molecule has 0 unspecified atom stereocenters. The molecule has 0 spiro atoms. The van der Waals surface area contributed by atoms with Crippen molar-refractivity contribution in [1.29, 1.82) is 0 Å². The first-order chi connectivity index (χ1) is 14.2. The van der Waals surface area contributed by atoms with E-state index >= 15 is 0 Å². The van der Waals surface area contributed by atoms with E-state index in [9.17, 15) is 9.59 Å². The van der Waals surface area contributed by atoms with Crippen LogP contribution in [0.15, 0.2) is 91.0 Å². The molecule has 1 amide bonds. The minimum absolute atomic E-state index is 0.389. The molecule has 0 atom stereocenters. The van der Waals surface area contributed by atoms with Gasteiger partial charge in [0.15, 0.2) is 6.61 Å². The number of esters is 1. The van der Waals surface area contributed by atoms with Gasteiger partial charge in [-0.3, -0.25) is 4.79 Å². The second-order valence-corrected chi connectivity index (χ2v) is 6.07. The van der Waals surface area contributed by atoms with E-state index in [1.807, 2.05) is 67.6 Å². The molecule has 0 aliphatic carbocycles. The van der Waals surface area contributed by atoms with E-state index in [1.54, 1.807) is 29.0 Å². The first kappa shape index (κ1) is 19.8. The second-order valence-electron chi connectivity index (χ2n) is 6.07. The largest absolute Gasteiger partial charge is 0.452 e. The van der Waals surface area contributed by atoms with Gasteiger partial charge in [0.05, 0.1) is 11.4 Å². The fraction of sp³-hybridized carbons (Fsp3) is 0.0870. The zero-order valence-corrected chi connectivity index (χ0v) is 16.0. The van der Waals surface area contributed by atoms with E-state index < -0.39 is 11.9 Å². The Balaban J connectivity index is 1.78. The summed E-state index contributed by atoms with van der Waals surface area (Å²) in [6, 6.07) is 20.9. The van der Waals surface area contributed by atoms with Crippen LogP contribution in [0.5, 0.6) is 0 Å². The quantitative estimate of drug-likeness (QED) is 0.375. The van der Waals surface area contributed by atoms with Gasteiger partial charge in [0.25, 0.3) is 5.91 Å². The number of allylic oxidation sites excluding steroid dienone is 3. The van der Waals surface area contributed by atoms with Crippen molar-refractivity contribution < 1.29 is 14.3 Å². The third kappa shape index (κ3) is 5.52. The monoisotopic (exact) mass is 387 g/mol. The molecule has 1 aromatic heterocycles. The maximum atomic E-state index is 12.3. The van der Waals surface area contributed by atoms with Crippen molar-refractivity contribution >= 4 is 17.7 Å². The van der Waals surface area contributed by atoms with Crippen molar-refractivity contribution in [3.63, 3.8) is 0 Å². The second kappa shape index (κ2) is 9.85. The van der Waals surface area contributed by atoms with Crippen molar-refractivity contribution in [2.45, 2.75) is 6.92 Å². The molecule has 2 aromatic carbocycles. The van der Waals surface area contributed by atoms with Crippen molar-refractivity contribution in [3.05, 3.63) is 91.0 Å². The van der Waals surface area contributed by atoms with Gasteiger partial charge in [-0.25, -0.2) is 9.48 Å². The number of carbonyl (C=O) groups is 2. The minimum atomic E-state index is -0.584. The standard InChI is InChI=1S/C23H21N3O3/c1-2-3-6-15-23(28)29-17-22(27)24-21-16-20(18-11-7-4-8-12-18)25-26(21)19-13-9-5-10-14-19/h2-16H,17H2,1H3,(H,24,27)/b3-2+,15-6+. The molecule has 6 nitrogen and oxygen atoms in total. The van der Waals surface area contributed by atoms with Gasteiger partial charge < -0.3 is 10.1 Å². The lowest BCUT2D eigenvalue weighted by molar-refractivity contribution is -0.142. The lowest BCUT2D eigenvalue weighted by atomic mass is 10.2. The predicted molar refractivity (Wildman–Crippen MR) is 113 cm³/mol. The van der Waals surface area contributed by atoms with Gasteiger partial charge in [0.1, 0.15) is 5.82 Å². The Kier molecular flexibility index (Phi) is 6.73. The van der Waals surface area contributed by atoms with Gasteiger partial charge in [0, 0.05) is 17.7 Å². The molecule has 29 heavy (non-hydrogen) atoms. The number of amides is 1. The average molecular weight is 387 g/mol. The smallest absolute Gasteiger partial charge is 0.331 e. The highest BCUT2D eigenvalue weighted by Gasteiger charge is 2.14. The third-order valence-corrected chi connectivity index (χ3v) is 3.93. The summed E-state index contributed by atoms with van der Waals surface area (Å²) in [5.41, 5.74) is 2.45. The molecule has 3 rings (SSSR count). The van der Waals surface area contributed by atoms with Crippen LogP contribution >= 0.6 is 0 Å². The van der Waals surface area contributed by atoms with Crippen LogP contribution in [0.4, 0.5) is 5.82 Å². The normalized spacial score (nSPS) is 11.1. The SMILES string of the molecule is C/C=C/C=C/C(=O)OCC(=O)Nc1cc(-c2ccccc2)nn1-c1ccccc1. The van der Waals surface area contributed by atoms with Gasteiger partial charge >= 0.3 is 5.97 Å².